The Balaban J connectivity index is 2.05. The van der Waals surface area contributed by atoms with E-state index in [1.165, 1.54) is 4.90 Å². The topological polar surface area (TPSA) is 95.4 Å². The van der Waals surface area contributed by atoms with Gasteiger partial charge in [-0.25, -0.2) is 4.99 Å². The monoisotopic (exact) mass is 319 g/mol. The van der Waals surface area contributed by atoms with Gasteiger partial charge in [-0.3, -0.25) is 14.7 Å². The SMILES string of the molecule is CN1C(=O)C[C@@](C)(c2cc(-c3cccc(C#N)c3)ccn2)N=C1N. The zero-order valence-corrected chi connectivity index (χ0v) is 13.5. The molecule has 2 aromatic rings. The highest BCUT2D eigenvalue weighted by atomic mass is 16.2. The Bertz CT molecular complexity index is 883. The zero-order valence-electron chi connectivity index (χ0n) is 13.5. The smallest absolute Gasteiger partial charge is 0.231 e. The van der Waals surface area contributed by atoms with Crippen molar-refractivity contribution in [3.05, 3.63) is 53.9 Å². The van der Waals surface area contributed by atoms with Gasteiger partial charge in [0.1, 0.15) is 5.54 Å². The maximum Gasteiger partial charge on any atom is 0.231 e. The zero-order chi connectivity index (χ0) is 17.3. The molecule has 0 fully saturated rings. The molecule has 0 radical (unpaired) electrons. The predicted molar refractivity (Wildman–Crippen MR) is 90.7 cm³/mol. The largest absolute Gasteiger partial charge is 0.369 e. The highest BCUT2D eigenvalue weighted by Crippen LogP contribution is 2.33. The first kappa shape index (κ1) is 15.7. The standard InChI is InChI=1S/C18H17N5O/c1-18(10-16(24)23(2)17(20)22-18)15-9-14(6-7-21-15)13-5-3-4-12(8-13)11-19/h3-9H,10H2,1-2H3,(H2,20,22)/t18-/m0/s1. The summed E-state index contributed by atoms with van der Waals surface area (Å²) in [6.07, 6.45) is 1.89. The molecule has 0 spiro atoms. The molecule has 1 atom stereocenters. The highest BCUT2D eigenvalue weighted by molar-refractivity contribution is 5.98. The van der Waals surface area contributed by atoms with Gasteiger partial charge in [0.15, 0.2) is 5.96 Å². The number of guanidine groups is 1. The predicted octanol–water partition coefficient (Wildman–Crippen LogP) is 2.01. The summed E-state index contributed by atoms with van der Waals surface area (Å²) < 4.78 is 0. The number of pyridine rings is 1. The van der Waals surface area contributed by atoms with Crippen molar-refractivity contribution in [2.75, 3.05) is 7.05 Å². The van der Waals surface area contributed by atoms with Crippen LogP contribution in [0.1, 0.15) is 24.6 Å². The molecule has 0 saturated heterocycles. The van der Waals surface area contributed by atoms with Crippen LogP contribution in [-0.4, -0.2) is 28.8 Å². The molecule has 0 saturated carbocycles. The number of amides is 1. The fraction of sp³-hybridized carbons (Fsp3) is 0.222. The van der Waals surface area contributed by atoms with Gasteiger partial charge >= 0.3 is 0 Å². The van der Waals surface area contributed by atoms with Crippen molar-refractivity contribution >= 4 is 11.9 Å². The second-order valence-corrected chi connectivity index (χ2v) is 6.00. The summed E-state index contributed by atoms with van der Waals surface area (Å²) >= 11 is 0. The normalized spacial score (nSPS) is 20.5. The van der Waals surface area contributed by atoms with Crippen molar-refractivity contribution in [2.24, 2.45) is 10.7 Å². The molecule has 1 aromatic carbocycles. The molecule has 1 aliphatic rings. The summed E-state index contributed by atoms with van der Waals surface area (Å²) in [4.78, 5) is 22.3. The van der Waals surface area contributed by atoms with E-state index in [0.29, 0.717) is 11.3 Å². The maximum atomic E-state index is 12.1. The quantitative estimate of drug-likeness (QED) is 0.916. The Hall–Kier alpha value is -3.20. The number of rotatable bonds is 2. The average molecular weight is 319 g/mol. The van der Waals surface area contributed by atoms with Crippen molar-refractivity contribution < 1.29 is 4.79 Å². The molecular formula is C18H17N5O. The Morgan fingerprint density at radius 3 is 2.75 bits per heavy atom. The van der Waals surface area contributed by atoms with E-state index in [1.54, 1.807) is 19.3 Å². The number of nitriles is 1. The highest BCUT2D eigenvalue weighted by Gasteiger charge is 2.37. The van der Waals surface area contributed by atoms with E-state index in [0.717, 1.165) is 11.1 Å². The van der Waals surface area contributed by atoms with Gasteiger partial charge < -0.3 is 5.73 Å². The molecule has 1 aromatic heterocycles. The van der Waals surface area contributed by atoms with Gasteiger partial charge in [0.05, 0.1) is 23.7 Å². The van der Waals surface area contributed by atoms with Crippen LogP contribution in [-0.2, 0) is 10.3 Å². The van der Waals surface area contributed by atoms with E-state index in [2.05, 4.69) is 16.0 Å². The Kier molecular flexibility index (Phi) is 3.78. The van der Waals surface area contributed by atoms with Crippen LogP contribution in [0.4, 0.5) is 0 Å². The van der Waals surface area contributed by atoms with E-state index in [4.69, 9.17) is 11.0 Å². The molecule has 6 nitrogen and oxygen atoms in total. The summed E-state index contributed by atoms with van der Waals surface area (Å²) in [5.41, 5.74) is 8.16. The first-order valence-electron chi connectivity index (χ1n) is 7.52. The first-order valence-corrected chi connectivity index (χ1v) is 7.52. The molecule has 3 rings (SSSR count). The van der Waals surface area contributed by atoms with Crippen LogP contribution in [0.25, 0.3) is 11.1 Å². The molecular weight excluding hydrogens is 302 g/mol. The number of aromatic nitrogens is 1. The Morgan fingerprint density at radius 2 is 2.04 bits per heavy atom. The van der Waals surface area contributed by atoms with Gasteiger partial charge in [0, 0.05) is 13.2 Å². The van der Waals surface area contributed by atoms with Gasteiger partial charge in [0.2, 0.25) is 5.91 Å². The summed E-state index contributed by atoms with van der Waals surface area (Å²) in [5.74, 6) is 0.0936. The number of hydrogen-bond acceptors (Lipinski definition) is 5. The number of carbonyl (C=O) groups is 1. The molecule has 1 amide bonds. The molecule has 0 aliphatic carbocycles. The second kappa shape index (κ2) is 5.78. The van der Waals surface area contributed by atoms with Gasteiger partial charge in [-0.2, -0.15) is 5.26 Å². The number of aliphatic imine (C=N–C) groups is 1. The van der Waals surface area contributed by atoms with Gasteiger partial charge in [-0.1, -0.05) is 12.1 Å². The summed E-state index contributed by atoms with van der Waals surface area (Å²) in [6.45, 7) is 1.85. The fourth-order valence-electron chi connectivity index (χ4n) is 2.73. The molecule has 0 bridgehead atoms. The third kappa shape index (κ3) is 2.72. The molecule has 6 heteroatoms. The number of nitrogens with zero attached hydrogens (tertiary/aromatic N) is 4. The number of carbonyl (C=O) groups excluding carboxylic acids is 1. The molecule has 1 aliphatic heterocycles. The third-order valence-corrected chi connectivity index (χ3v) is 4.21. The average Bonchev–Trinajstić information content (AvgIpc) is 2.60. The first-order chi connectivity index (χ1) is 11.4. The van der Waals surface area contributed by atoms with E-state index in [-0.39, 0.29) is 18.3 Å². The molecule has 0 unspecified atom stereocenters. The lowest BCUT2D eigenvalue weighted by atomic mass is 9.90. The maximum absolute atomic E-state index is 12.1. The van der Waals surface area contributed by atoms with E-state index in [9.17, 15) is 4.79 Å². The van der Waals surface area contributed by atoms with Crippen LogP contribution in [0.3, 0.4) is 0 Å². The fourth-order valence-corrected chi connectivity index (χ4v) is 2.73. The molecule has 120 valence electrons. The Morgan fingerprint density at radius 1 is 1.29 bits per heavy atom. The minimum atomic E-state index is -0.795. The molecule has 2 heterocycles. The van der Waals surface area contributed by atoms with Crippen molar-refractivity contribution in [3.8, 4) is 17.2 Å². The van der Waals surface area contributed by atoms with Crippen LogP contribution >= 0.6 is 0 Å². The van der Waals surface area contributed by atoms with Crippen molar-refractivity contribution in [3.63, 3.8) is 0 Å². The lowest BCUT2D eigenvalue weighted by Gasteiger charge is -2.32. The van der Waals surface area contributed by atoms with Crippen molar-refractivity contribution in [1.82, 2.24) is 9.88 Å². The second-order valence-electron chi connectivity index (χ2n) is 6.00. The number of hydrogen-bond donors (Lipinski definition) is 1. The van der Waals surface area contributed by atoms with Gasteiger partial charge in [-0.15, -0.1) is 0 Å². The van der Waals surface area contributed by atoms with Crippen LogP contribution < -0.4 is 5.73 Å². The summed E-state index contributed by atoms with van der Waals surface area (Å²) in [7, 11) is 1.61. The summed E-state index contributed by atoms with van der Waals surface area (Å²) in [6, 6.07) is 13.2. The number of benzene rings is 1. The van der Waals surface area contributed by atoms with Crippen LogP contribution in [0.2, 0.25) is 0 Å². The lowest BCUT2D eigenvalue weighted by Crippen LogP contribution is -2.47. The van der Waals surface area contributed by atoms with Crippen LogP contribution in [0.5, 0.6) is 0 Å². The Labute approximate surface area is 140 Å². The van der Waals surface area contributed by atoms with Crippen molar-refractivity contribution in [1.29, 1.82) is 5.26 Å². The minimum Gasteiger partial charge on any atom is -0.369 e. The molecule has 2 N–H and O–H groups in total. The van der Waals surface area contributed by atoms with Crippen LogP contribution in [0, 0.1) is 11.3 Å². The van der Waals surface area contributed by atoms with Crippen molar-refractivity contribution in [2.45, 2.75) is 18.9 Å². The number of nitrogens with two attached hydrogens (primary N) is 1. The van der Waals surface area contributed by atoms with E-state index >= 15 is 0 Å². The van der Waals surface area contributed by atoms with Crippen LogP contribution in [0.15, 0.2) is 47.6 Å². The van der Waals surface area contributed by atoms with Gasteiger partial charge in [0.25, 0.3) is 0 Å². The summed E-state index contributed by atoms with van der Waals surface area (Å²) in [5, 5.41) is 9.06. The lowest BCUT2D eigenvalue weighted by molar-refractivity contribution is -0.128. The van der Waals surface area contributed by atoms with E-state index in [1.807, 2.05) is 37.3 Å². The van der Waals surface area contributed by atoms with E-state index < -0.39 is 5.54 Å². The third-order valence-electron chi connectivity index (χ3n) is 4.21. The van der Waals surface area contributed by atoms with Gasteiger partial charge in [-0.05, 0) is 42.3 Å². The minimum absolute atomic E-state index is 0.0938. The molecule has 24 heavy (non-hydrogen) atoms.